The number of halogens is 4. The number of carbonyl (C=O) groups excluding carboxylic acids is 4. The third-order valence-electron chi connectivity index (χ3n) is 13.9. The van der Waals surface area contributed by atoms with Crippen LogP contribution in [0.15, 0.2) is 88.7 Å². The number of nitrogens with zero attached hydrogens (tertiary/aromatic N) is 4. The molecular weight excluding hydrogens is 877 g/mol. The maximum Gasteiger partial charge on any atom is 0.274 e. The van der Waals surface area contributed by atoms with Gasteiger partial charge in [0.05, 0.1) is 12.1 Å². The van der Waals surface area contributed by atoms with Crippen LogP contribution in [-0.4, -0.2) is 73.8 Å². The van der Waals surface area contributed by atoms with Gasteiger partial charge in [-0.25, -0.2) is 17.6 Å². The summed E-state index contributed by atoms with van der Waals surface area (Å²) in [5, 5.41) is 15.4. The third kappa shape index (κ3) is 8.44. The van der Waals surface area contributed by atoms with Crippen LogP contribution in [0.4, 0.5) is 17.6 Å². The van der Waals surface area contributed by atoms with E-state index in [-0.39, 0.29) is 77.1 Å². The summed E-state index contributed by atoms with van der Waals surface area (Å²) in [6, 6.07) is 15.1. The van der Waals surface area contributed by atoms with Gasteiger partial charge in [0, 0.05) is 74.9 Å². The summed E-state index contributed by atoms with van der Waals surface area (Å²) in [6.45, 7) is 1.85. The van der Waals surface area contributed by atoms with Crippen LogP contribution >= 0.6 is 0 Å². The summed E-state index contributed by atoms with van der Waals surface area (Å²) in [7, 11) is 0. The van der Waals surface area contributed by atoms with E-state index in [1.807, 2.05) is 30.3 Å². The van der Waals surface area contributed by atoms with E-state index in [1.54, 1.807) is 18.9 Å². The molecular formula is C49H44F4N6O8. The number of pyridine rings is 2. The number of rotatable bonds is 9. The van der Waals surface area contributed by atoms with Gasteiger partial charge in [-0.3, -0.25) is 28.8 Å². The van der Waals surface area contributed by atoms with Crippen molar-refractivity contribution in [3.8, 4) is 11.5 Å². The summed E-state index contributed by atoms with van der Waals surface area (Å²) in [5.74, 6) is -4.23. The van der Waals surface area contributed by atoms with Gasteiger partial charge >= 0.3 is 0 Å². The fraction of sp³-hybridized carbons (Fsp3) is 0.347. The first-order valence-electron chi connectivity index (χ1n) is 22.2. The molecule has 6 aliphatic rings. The van der Waals surface area contributed by atoms with E-state index < -0.39 is 57.6 Å². The molecule has 0 spiro atoms. The standard InChI is InChI=1S/C28H25F2N3O4.C21H19F2N3O4/c29-20-7-6-17(23(30)10-20)11-31-27(35)22-14-33-21-9-18-8-19(18)12-32(13-21)28(36)24(33)26(25(22)34)37-15-16-4-2-1-3-5-16;22-13-2-1-10(16(23)5-13)6-24-20(29)15-9-26-14-4-11-3-12(11)7-25(8-14)21(30)17(26)19(28)18(15)27/h1-7,10,14,18-19,21H,8-9,11-13,15H2,(H,31,35);1-2,5,9,11-12,14,28H,3-4,6-8H2,(H,24,29)/t18-,19+,21+;11-,12+,14+/m11/s1. The van der Waals surface area contributed by atoms with E-state index in [2.05, 4.69) is 10.6 Å². The number of carbonyl (C=O) groups is 4. The molecule has 0 radical (unpaired) electrons. The average molecular weight is 921 g/mol. The van der Waals surface area contributed by atoms with Gasteiger partial charge in [-0.2, -0.15) is 0 Å². The summed E-state index contributed by atoms with van der Waals surface area (Å²) in [6.07, 6.45) is 6.54. The highest BCUT2D eigenvalue weighted by Crippen LogP contribution is 2.50. The molecule has 3 N–H and O–H groups in total. The van der Waals surface area contributed by atoms with E-state index in [0.29, 0.717) is 55.9 Å². The van der Waals surface area contributed by atoms with E-state index in [9.17, 15) is 51.4 Å². The maximum absolute atomic E-state index is 14.1. The van der Waals surface area contributed by atoms with E-state index in [1.165, 1.54) is 24.5 Å². The van der Waals surface area contributed by atoms with Crippen molar-refractivity contribution in [3.05, 3.63) is 162 Å². The van der Waals surface area contributed by atoms with Gasteiger partial charge in [0.1, 0.15) is 41.0 Å². The first-order valence-corrected chi connectivity index (χ1v) is 22.2. The van der Waals surface area contributed by atoms with Gasteiger partial charge in [-0.1, -0.05) is 42.5 Å². The van der Waals surface area contributed by atoms with Gasteiger partial charge in [-0.05, 0) is 67.1 Å². The third-order valence-corrected chi connectivity index (χ3v) is 13.9. The Kier molecular flexibility index (Phi) is 11.2. The Morgan fingerprint density at radius 3 is 1.63 bits per heavy atom. The van der Waals surface area contributed by atoms with E-state index >= 15 is 0 Å². The lowest BCUT2D eigenvalue weighted by atomic mass is 10.0. The topological polar surface area (TPSA) is 172 Å². The summed E-state index contributed by atoms with van der Waals surface area (Å²) >= 11 is 0. The van der Waals surface area contributed by atoms with Gasteiger partial charge in [0.15, 0.2) is 22.9 Å². The fourth-order valence-electron chi connectivity index (χ4n) is 10.0. The normalized spacial score (nSPS) is 22.6. The van der Waals surface area contributed by atoms with Crippen LogP contribution in [-0.2, 0) is 19.7 Å². The van der Waals surface area contributed by atoms with Crippen molar-refractivity contribution in [2.75, 3.05) is 26.2 Å². The average Bonchev–Trinajstić information content (AvgIpc) is 4.23. The molecule has 6 atom stereocenters. The Morgan fingerprint density at radius 1 is 0.612 bits per heavy atom. The first kappa shape index (κ1) is 43.6. The van der Waals surface area contributed by atoms with Crippen LogP contribution in [0.25, 0.3) is 0 Å². The minimum atomic E-state index is -0.948. The molecule has 2 aliphatic carbocycles. The zero-order valence-corrected chi connectivity index (χ0v) is 35.9. The second-order valence-corrected chi connectivity index (χ2v) is 18.3. The van der Waals surface area contributed by atoms with Crippen molar-refractivity contribution >= 4 is 23.6 Å². The first-order chi connectivity index (χ1) is 32.2. The van der Waals surface area contributed by atoms with E-state index in [0.717, 1.165) is 49.4 Å². The highest BCUT2D eigenvalue weighted by molar-refractivity contribution is 6.00. The second kappa shape index (κ2) is 17.2. The quantitative estimate of drug-likeness (QED) is 0.164. The molecule has 346 valence electrons. The molecule has 67 heavy (non-hydrogen) atoms. The molecule has 14 nitrogen and oxygen atoms in total. The van der Waals surface area contributed by atoms with Crippen LogP contribution in [0.1, 0.15) is 96.2 Å². The Balaban J connectivity index is 0.000000160. The summed E-state index contributed by atoms with van der Waals surface area (Å²) in [5.41, 5.74) is -1.12. The van der Waals surface area contributed by atoms with Crippen molar-refractivity contribution in [2.24, 2.45) is 23.7 Å². The van der Waals surface area contributed by atoms with Crippen molar-refractivity contribution in [1.82, 2.24) is 29.6 Å². The number of nitrogens with one attached hydrogen (secondary N) is 2. The molecule has 18 heteroatoms. The molecule has 5 aromatic rings. The zero-order chi connectivity index (χ0) is 46.8. The van der Waals surface area contributed by atoms with E-state index in [4.69, 9.17) is 4.74 Å². The molecule has 6 heterocycles. The van der Waals surface area contributed by atoms with Crippen LogP contribution in [0, 0.1) is 46.9 Å². The fourth-order valence-corrected chi connectivity index (χ4v) is 10.0. The predicted molar refractivity (Wildman–Crippen MR) is 231 cm³/mol. The minimum absolute atomic E-state index is 0.0537. The van der Waals surface area contributed by atoms with Crippen molar-refractivity contribution in [1.29, 1.82) is 0 Å². The summed E-state index contributed by atoms with van der Waals surface area (Å²) in [4.78, 5) is 81.7. The molecule has 0 unspecified atom stereocenters. The number of hydrogen-bond acceptors (Lipinski definition) is 8. The summed E-state index contributed by atoms with van der Waals surface area (Å²) < 4.78 is 63.4. The lowest BCUT2D eigenvalue weighted by Crippen LogP contribution is -2.45. The molecule has 11 rings (SSSR count). The van der Waals surface area contributed by atoms with Crippen LogP contribution in [0.3, 0.4) is 0 Å². The molecule has 4 amide bonds. The van der Waals surface area contributed by atoms with Gasteiger partial charge < -0.3 is 39.4 Å². The Bertz CT molecular complexity index is 3000. The molecule has 4 bridgehead atoms. The zero-order valence-electron chi connectivity index (χ0n) is 35.9. The number of amides is 4. The van der Waals surface area contributed by atoms with Crippen molar-refractivity contribution < 1.29 is 46.6 Å². The Labute approximate surface area is 379 Å². The largest absolute Gasteiger partial charge is 0.503 e. The highest BCUT2D eigenvalue weighted by atomic mass is 19.1. The number of aromatic nitrogens is 2. The molecule has 2 saturated heterocycles. The molecule has 2 aromatic heterocycles. The van der Waals surface area contributed by atoms with Crippen molar-refractivity contribution in [2.45, 2.75) is 57.5 Å². The SMILES string of the molecule is O=C(NCc1ccc(F)cc1F)c1cn2c(c(O)c1=O)C(=O)N1C[C@@H]3C[C@@H]3C[C@H]2C1.O=C(NCc1ccc(F)cc1F)c1cn2c(c(OCc3ccccc3)c1=O)C(=O)N1C[C@@H]3C[C@@H]3C[C@H]2C1. The lowest BCUT2D eigenvalue weighted by molar-refractivity contribution is 0.0655. The minimum Gasteiger partial charge on any atom is -0.503 e. The highest BCUT2D eigenvalue weighted by Gasteiger charge is 2.49. The van der Waals surface area contributed by atoms with Crippen LogP contribution in [0.2, 0.25) is 0 Å². The van der Waals surface area contributed by atoms with Crippen molar-refractivity contribution in [3.63, 3.8) is 0 Å². The van der Waals surface area contributed by atoms with Crippen LogP contribution < -0.4 is 26.2 Å². The lowest BCUT2D eigenvalue weighted by Gasteiger charge is -2.35. The number of hydrogen-bond donors (Lipinski definition) is 3. The van der Waals surface area contributed by atoms with Gasteiger partial charge in [0.25, 0.3) is 23.6 Å². The molecule has 2 saturated carbocycles. The number of ether oxygens (including phenoxy) is 1. The monoisotopic (exact) mass is 920 g/mol. The molecule has 3 aromatic carbocycles. The smallest absolute Gasteiger partial charge is 0.274 e. The second-order valence-electron chi connectivity index (χ2n) is 18.3. The number of benzene rings is 3. The number of aromatic hydroxyl groups is 1. The van der Waals surface area contributed by atoms with Gasteiger partial charge in [0.2, 0.25) is 10.9 Å². The molecule has 4 aliphatic heterocycles. The maximum atomic E-state index is 14.1. The van der Waals surface area contributed by atoms with Gasteiger partial charge in [-0.15, -0.1) is 0 Å². The Morgan fingerprint density at radius 2 is 1.10 bits per heavy atom. The number of fused-ring (bicyclic) bond motifs is 10. The van der Waals surface area contributed by atoms with Crippen LogP contribution in [0.5, 0.6) is 11.5 Å². The molecule has 4 fully saturated rings. The Hall–Kier alpha value is -7.24. The predicted octanol–water partition coefficient (Wildman–Crippen LogP) is 5.47.